The van der Waals surface area contributed by atoms with Gasteiger partial charge in [-0.15, -0.1) is 0 Å². The standard InChI is InChI=1S/C41H88O5Si4/c1-31(27-26-28-32(2)44-48(20,21)38(7,8)9)35(46-50(24,25)40(13,14)15)33(3)36(42)41(16,17)34(45-49(22,23)39(10,11)12)29-30-43-47(18,19)37(4,5)6/h31,33-35H,2,26-30H2,1,3-25H3/t31-,33+,34-,35-/m0/s1. The molecule has 0 saturated heterocycles. The molecule has 0 amide bonds. The average molecular weight is 773 g/mol. The van der Waals surface area contributed by atoms with E-state index in [0.717, 1.165) is 25.0 Å². The molecular formula is C41H88O5Si4. The normalized spacial score (nSPS) is 17.3. The van der Waals surface area contributed by atoms with E-state index >= 15 is 0 Å². The van der Waals surface area contributed by atoms with Crippen LogP contribution in [0.2, 0.25) is 72.5 Å². The molecule has 0 fully saturated rings. The summed E-state index contributed by atoms with van der Waals surface area (Å²) in [5, 5.41) is 0.313. The number of carbonyl (C=O) groups is 1. The van der Waals surface area contributed by atoms with Gasteiger partial charge in [-0.1, -0.05) is 117 Å². The van der Waals surface area contributed by atoms with E-state index in [1.165, 1.54) is 0 Å². The number of carbonyl (C=O) groups excluding carboxylic acids is 1. The van der Waals surface area contributed by atoms with Gasteiger partial charge in [0.1, 0.15) is 5.78 Å². The summed E-state index contributed by atoms with van der Waals surface area (Å²) >= 11 is 0. The van der Waals surface area contributed by atoms with Crippen molar-refractivity contribution in [3.05, 3.63) is 12.3 Å². The van der Waals surface area contributed by atoms with Gasteiger partial charge in [0, 0.05) is 24.4 Å². The minimum Gasteiger partial charge on any atom is -0.547 e. The molecule has 0 aliphatic carbocycles. The van der Waals surface area contributed by atoms with Gasteiger partial charge in [-0.05, 0) is 97.7 Å². The first-order valence-corrected chi connectivity index (χ1v) is 31.3. The first kappa shape index (κ1) is 50.0. The molecule has 0 rings (SSSR count). The van der Waals surface area contributed by atoms with Crippen LogP contribution in [0.4, 0.5) is 0 Å². The van der Waals surface area contributed by atoms with Crippen molar-refractivity contribution in [3.63, 3.8) is 0 Å². The van der Waals surface area contributed by atoms with Crippen LogP contribution in [0, 0.1) is 17.3 Å². The van der Waals surface area contributed by atoms with Crippen molar-refractivity contribution >= 4 is 39.1 Å². The molecule has 0 bridgehead atoms. The molecular weight excluding hydrogens is 685 g/mol. The maximum absolute atomic E-state index is 15.0. The molecule has 0 aromatic heterocycles. The highest BCUT2D eigenvalue weighted by atomic mass is 28.4. The quantitative estimate of drug-likeness (QED) is 0.0967. The molecule has 0 heterocycles. The third-order valence-electron chi connectivity index (χ3n) is 13.4. The highest BCUT2D eigenvalue weighted by Gasteiger charge is 2.50. The second-order valence-corrected chi connectivity index (χ2v) is 41.3. The van der Waals surface area contributed by atoms with Gasteiger partial charge >= 0.3 is 0 Å². The minimum absolute atomic E-state index is 0.0249. The van der Waals surface area contributed by atoms with Gasteiger partial charge in [0.25, 0.3) is 0 Å². The van der Waals surface area contributed by atoms with Gasteiger partial charge in [-0.3, -0.25) is 4.79 Å². The molecule has 9 heteroatoms. The fourth-order valence-corrected chi connectivity index (χ4v) is 10.3. The number of ketones is 1. The lowest BCUT2D eigenvalue weighted by Gasteiger charge is -2.47. The van der Waals surface area contributed by atoms with E-state index in [-0.39, 0.29) is 50.0 Å². The summed E-state index contributed by atoms with van der Waals surface area (Å²) < 4.78 is 27.6. The van der Waals surface area contributed by atoms with Crippen LogP contribution < -0.4 is 0 Å². The Balaban J connectivity index is 6.51. The van der Waals surface area contributed by atoms with Crippen LogP contribution in [0.25, 0.3) is 0 Å². The van der Waals surface area contributed by atoms with Gasteiger partial charge in [-0.25, -0.2) is 0 Å². The van der Waals surface area contributed by atoms with Gasteiger partial charge in [0.05, 0.1) is 18.0 Å². The molecule has 298 valence electrons. The molecule has 0 aliphatic heterocycles. The summed E-state index contributed by atoms with van der Waals surface area (Å²) in [6.07, 6.45) is 3.00. The van der Waals surface area contributed by atoms with E-state index in [0.29, 0.717) is 13.0 Å². The monoisotopic (exact) mass is 773 g/mol. The summed E-state index contributed by atoms with van der Waals surface area (Å²) in [4.78, 5) is 15.0. The summed E-state index contributed by atoms with van der Waals surface area (Å²) in [6, 6.07) is 0. The molecule has 0 saturated carbocycles. The lowest BCUT2D eigenvalue weighted by molar-refractivity contribution is -0.141. The van der Waals surface area contributed by atoms with Gasteiger partial charge < -0.3 is 17.7 Å². The Morgan fingerprint density at radius 1 is 0.600 bits per heavy atom. The molecule has 0 radical (unpaired) electrons. The zero-order valence-electron chi connectivity index (χ0n) is 38.1. The Morgan fingerprint density at radius 2 is 1.00 bits per heavy atom. The molecule has 0 aromatic carbocycles. The van der Waals surface area contributed by atoms with E-state index in [1.807, 2.05) is 0 Å². The lowest BCUT2D eigenvalue weighted by Crippen LogP contribution is -2.54. The Kier molecular flexibility index (Phi) is 17.2. The number of hydrogen-bond acceptors (Lipinski definition) is 5. The van der Waals surface area contributed by atoms with E-state index in [4.69, 9.17) is 17.7 Å². The first-order valence-electron chi connectivity index (χ1n) is 19.7. The number of allylic oxidation sites excluding steroid dienone is 1. The SMILES string of the molecule is C=C(CCC[C@H](C)[C@H](O[Si](C)(C)C(C)(C)C)[C@@H](C)C(=O)C(C)(C)[C@H](CCO[Si](C)(C)C(C)(C)C)O[Si](C)(C)C(C)(C)C)O[Si](C)(C)C(C)(C)C. The zero-order chi connectivity index (χ0) is 40.3. The Morgan fingerprint density at radius 3 is 1.40 bits per heavy atom. The molecule has 0 N–H and O–H groups in total. The van der Waals surface area contributed by atoms with E-state index in [2.05, 4.69) is 170 Å². The zero-order valence-corrected chi connectivity index (χ0v) is 42.1. The van der Waals surface area contributed by atoms with Crippen LogP contribution in [-0.2, 0) is 22.5 Å². The lowest BCUT2D eigenvalue weighted by atomic mass is 9.73. The smallest absolute Gasteiger partial charge is 0.250 e. The maximum Gasteiger partial charge on any atom is 0.250 e. The highest BCUT2D eigenvalue weighted by molar-refractivity contribution is 6.75. The fraction of sp³-hybridized carbons (Fsp3) is 0.927. The van der Waals surface area contributed by atoms with E-state index in [1.54, 1.807) is 0 Å². The van der Waals surface area contributed by atoms with Crippen LogP contribution >= 0.6 is 0 Å². The molecule has 0 aliphatic rings. The van der Waals surface area contributed by atoms with Crippen molar-refractivity contribution in [1.82, 2.24) is 0 Å². The maximum atomic E-state index is 15.0. The number of hydrogen-bond donors (Lipinski definition) is 0. The predicted octanol–water partition coefficient (Wildman–Crippen LogP) is 13.8. The van der Waals surface area contributed by atoms with Crippen molar-refractivity contribution in [2.24, 2.45) is 17.3 Å². The van der Waals surface area contributed by atoms with Crippen LogP contribution in [0.1, 0.15) is 136 Å². The summed E-state index contributed by atoms with van der Waals surface area (Å²) in [5.74, 6) is 1.03. The van der Waals surface area contributed by atoms with E-state index in [9.17, 15) is 4.79 Å². The van der Waals surface area contributed by atoms with Crippen LogP contribution in [-0.4, -0.2) is 57.9 Å². The van der Waals surface area contributed by atoms with Crippen molar-refractivity contribution in [2.75, 3.05) is 6.61 Å². The minimum atomic E-state index is -2.20. The van der Waals surface area contributed by atoms with Crippen molar-refractivity contribution in [2.45, 2.75) is 221 Å². The first-order chi connectivity index (χ1) is 21.8. The Labute approximate surface area is 317 Å². The molecule has 0 unspecified atom stereocenters. The largest absolute Gasteiger partial charge is 0.547 e. The predicted molar refractivity (Wildman–Crippen MR) is 230 cm³/mol. The Hall–Kier alpha value is -0.0425. The van der Waals surface area contributed by atoms with Gasteiger partial charge in [0.15, 0.2) is 25.0 Å². The third kappa shape index (κ3) is 13.7. The van der Waals surface area contributed by atoms with E-state index < -0.39 is 38.7 Å². The topological polar surface area (TPSA) is 54.0 Å². The van der Waals surface area contributed by atoms with Gasteiger partial charge in [-0.2, -0.15) is 0 Å². The second-order valence-electron chi connectivity index (χ2n) is 22.3. The molecule has 50 heavy (non-hydrogen) atoms. The fourth-order valence-electron chi connectivity index (χ4n) is 5.21. The summed E-state index contributed by atoms with van der Waals surface area (Å²) in [6.45, 7) is 59.2. The number of Topliss-reactive ketones (excluding diaryl/α,β-unsaturated/α-hetero) is 1. The summed E-state index contributed by atoms with van der Waals surface area (Å²) in [7, 11) is -8.27. The highest BCUT2D eigenvalue weighted by Crippen LogP contribution is 2.45. The average Bonchev–Trinajstić information content (AvgIpc) is 2.87. The third-order valence-corrected chi connectivity index (χ3v) is 31.3. The van der Waals surface area contributed by atoms with Crippen molar-refractivity contribution in [1.29, 1.82) is 0 Å². The van der Waals surface area contributed by atoms with Gasteiger partial charge in [0.2, 0.25) is 8.32 Å². The van der Waals surface area contributed by atoms with Crippen molar-refractivity contribution in [3.8, 4) is 0 Å². The number of rotatable bonds is 19. The van der Waals surface area contributed by atoms with Crippen LogP contribution in [0.3, 0.4) is 0 Å². The Bertz CT molecular complexity index is 1100. The molecule has 0 spiro atoms. The van der Waals surface area contributed by atoms with Crippen molar-refractivity contribution < 1.29 is 22.5 Å². The summed E-state index contributed by atoms with van der Waals surface area (Å²) in [5.41, 5.74) is -0.716. The molecule has 5 nitrogen and oxygen atoms in total. The van der Waals surface area contributed by atoms with Crippen LogP contribution in [0.15, 0.2) is 12.3 Å². The molecule has 0 aromatic rings. The molecule has 4 atom stereocenters. The second kappa shape index (κ2) is 17.2. The van der Waals surface area contributed by atoms with Crippen LogP contribution in [0.5, 0.6) is 0 Å².